The van der Waals surface area contributed by atoms with Crippen molar-refractivity contribution in [2.75, 3.05) is 27.4 Å². The molecule has 3 rings (SSSR count). The molecule has 0 aromatic heterocycles. The Morgan fingerprint density at radius 3 is 1.28 bits per heavy atom. The van der Waals surface area contributed by atoms with Gasteiger partial charge in [0.1, 0.15) is 23.0 Å². The van der Waals surface area contributed by atoms with Gasteiger partial charge < -0.3 is 18.9 Å². The monoisotopic (exact) mass is 490 g/mol. The van der Waals surface area contributed by atoms with Gasteiger partial charge in [0.2, 0.25) is 0 Å². The van der Waals surface area contributed by atoms with Crippen LogP contribution in [-0.4, -0.2) is 51.7 Å². The summed E-state index contributed by atoms with van der Waals surface area (Å²) in [5.41, 5.74) is 6.34. The molecule has 3 aromatic rings. The first-order valence-corrected chi connectivity index (χ1v) is 10.8. The van der Waals surface area contributed by atoms with E-state index in [4.69, 9.17) is 18.9 Å². The van der Waals surface area contributed by atoms with Crippen LogP contribution in [0.3, 0.4) is 0 Å². The Hall–Kier alpha value is -4.86. The molecule has 0 aliphatic carbocycles. The van der Waals surface area contributed by atoms with E-state index in [0.29, 0.717) is 23.0 Å². The molecule has 0 spiro atoms. The maximum absolute atomic E-state index is 11.9. The van der Waals surface area contributed by atoms with Crippen molar-refractivity contribution in [2.24, 2.45) is 10.2 Å². The second-order valence-corrected chi connectivity index (χ2v) is 7.18. The van der Waals surface area contributed by atoms with E-state index in [1.54, 1.807) is 87.0 Å². The number of carbonyl (C=O) groups excluding carboxylic acids is 2. The number of benzene rings is 3. The zero-order valence-electron chi connectivity index (χ0n) is 19.8. The number of hydrogen-bond acceptors (Lipinski definition) is 8. The fourth-order valence-corrected chi connectivity index (χ4v) is 2.73. The zero-order valence-corrected chi connectivity index (χ0v) is 19.8. The van der Waals surface area contributed by atoms with E-state index in [1.807, 2.05) is 0 Å². The number of hydrazone groups is 2. The third-order valence-corrected chi connectivity index (χ3v) is 4.60. The first-order chi connectivity index (χ1) is 17.6. The molecule has 0 saturated carbocycles. The zero-order chi connectivity index (χ0) is 25.6. The molecule has 0 aliphatic rings. The van der Waals surface area contributed by atoms with Crippen molar-refractivity contribution in [1.82, 2.24) is 10.9 Å². The Bertz CT molecular complexity index is 1080. The highest BCUT2D eigenvalue weighted by molar-refractivity contribution is 5.86. The number of rotatable bonds is 12. The molecule has 2 N–H and O–H groups in total. The van der Waals surface area contributed by atoms with Gasteiger partial charge >= 0.3 is 0 Å². The summed E-state index contributed by atoms with van der Waals surface area (Å²) in [6.45, 7) is -0.341. The standard InChI is InChI=1S/C26H26N4O6/c1-33-21-7-11-23(12-8-21)35-17-25(31)29-27-15-19-3-5-20(6-4-19)16-28-30-26(32)18-36-24-13-9-22(34-2)10-14-24/h3-16H,17-18H2,1-2H3,(H,29,31)(H,30,32)/b27-15+,28-16+. The SMILES string of the molecule is COc1ccc(OCC(=O)N/N=C/c2ccc(/C=N/NC(=O)COc3ccc(OC)cc3)cc2)cc1. The number of methoxy groups -OCH3 is 2. The summed E-state index contributed by atoms with van der Waals surface area (Å²) in [5.74, 6) is 1.72. The lowest BCUT2D eigenvalue weighted by Gasteiger charge is -2.06. The Balaban J connectivity index is 1.35. The van der Waals surface area contributed by atoms with Crippen LogP contribution in [0.1, 0.15) is 11.1 Å². The molecule has 0 aliphatic heterocycles. The first kappa shape index (κ1) is 25.8. The van der Waals surface area contributed by atoms with Gasteiger partial charge in [0, 0.05) is 0 Å². The molecule has 36 heavy (non-hydrogen) atoms. The van der Waals surface area contributed by atoms with Gasteiger partial charge in [-0.2, -0.15) is 10.2 Å². The Labute approximate surface area is 208 Å². The molecular formula is C26H26N4O6. The summed E-state index contributed by atoms with van der Waals surface area (Å²) < 4.78 is 20.9. The fourth-order valence-electron chi connectivity index (χ4n) is 2.73. The Morgan fingerprint density at radius 1 is 0.611 bits per heavy atom. The number of amides is 2. The molecular weight excluding hydrogens is 464 g/mol. The molecule has 186 valence electrons. The summed E-state index contributed by atoms with van der Waals surface area (Å²) in [7, 11) is 3.15. The highest BCUT2D eigenvalue weighted by atomic mass is 16.5. The van der Waals surface area contributed by atoms with Crippen molar-refractivity contribution in [3.8, 4) is 23.0 Å². The number of nitrogens with zero attached hydrogens (tertiary/aromatic N) is 2. The highest BCUT2D eigenvalue weighted by Gasteiger charge is 2.03. The van der Waals surface area contributed by atoms with E-state index in [-0.39, 0.29) is 13.2 Å². The molecule has 10 nitrogen and oxygen atoms in total. The minimum atomic E-state index is -0.391. The predicted molar refractivity (Wildman–Crippen MR) is 135 cm³/mol. The third kappa shape index (κ3) is 8.82. The van der Waals surface area contributed by atoms with Crippen LogP contribution < -0.4 is 29.8 Å². The van der Waals surface area contributed by atoms with E-state index in [2.05, 4.69) is 21.1 Å². The third-order valence-electron chi connectivity index (χ3n) is 4.60. The van der Waals surface area contributed by atoms with E-state index in [1.165, 1.54) is 12.4 Å². The van der Waals surface area contributed by atoms with Crippen LogP contribution in [0.5, 0.6) is 23.0 Å². The number of nitrogens with one attached hydrogen (secondary N) is 2. The molecule has 0 fully saturated rings. The van der Waals surface area contributed by atoms with Gasteiger partial charge in [-0.1, -0.05) is 24.3 Å². The maximum atomic E-state index is 11.9. The van der Waals surface area contributed by atoms with Crippen molar-refractivity contribution < 1.29 is 28.5 Å². The summed E-state index contributed by atoms with van der Waals surface area (Å²) in [6.07, 6.45) is 3.01. The minimum Gasteiger partial charge on any atom is -0.497 e. The van der Waals surface area contributed by atoms with E-state index in [0.717, 1.165) is 11.1 Å². The van der Waals surface area contributed by atoms with Gasteiger partial charge in [-0.15, -0.1) is 0 Å². The lowest BCUT2D eigenvalue weighted by atomic mass is 10.2. The van der Waals surface area contributed by atoms with Crippen LogP contribution in [0.2, 0.25) is 0 Å². The summed E-state index contributed by atoms with van der Waals surface area (Å²) in [6, 6.07) is 21.0. The topological polar surface area (TPSA) is 120 Å². The lowest BCUT2D eigenvalue weighted by molar-refractivity contribution is -0.123. The van der Waals surface area contributed by atoms with E-state index in [9.17, 15) is 9.59 Å². The quantitative estimate of drug-likeness (QED) is 0.298. The second kappa shape index (κ2) is 13.8. The predicted octanol–water partition coefficient (Wildman–Crippen LogP) is 2.76. The van der Waals surface area contributed by atoms with E-state index < -0.39 is 11.8 Å². The first-order valence-electron chi connectivity index (χ1n) is 10.8. The average molecular weight is 491 g/mol. The Morgan fingerprint density at radius 2 is 0.944 bits per heavy atom. The van der Waals surface area contributed by atoms with Gasteiger partial charge in [0.05, 0.1) is 26.6 Å². The number of hydrogen-bond donors (Lipinski definition) is 2. The summed E-state index contributed by atoms with van der Waals surface area (Å²) in [5, 5.41) is 7.83. The van der Waals surface area contributed by atoms with Gasteiger partial charge in [0.25, 0.3) is 11.8 Å². The maximum Gasteiger partial charge on any atom is 0.277 e. The lowest BCUT2D eigenvalue weighted by Crippen LogP contribution is -2.24. The molecule has 0 radical (unpaired) electrons. The van der Waals surface area contributed by atoms with Crippen molar-refractivity contribution in [2.45, 2.75) is 0 Å². The van der Waals surface area contributed by atoms with Crippen molar-refractivity contribution >= 4 is 24.2 Å². The fraction of sp³-hybridized carbons (Fsp3) is 0.154. The second-order valence-electron chi connectivity index (χ2n) is 7.18. The molecule has 3 aromatic carbocycles. The van der Waals surface area contributed by atoms with Gasteiger partial charge in [-0.05, 0) is 59.7 Å². The van der Waals surface area contributed by atoms with Crippen molar-refractivity contribution in [3.63, 3.8) is 0 Å². The van der Waals surface area contributed by atoms with Crippen molar-refractivity contribution in [3.05, 3.63) is 83.9 Å². The largest absolute Gasteiger partial charge is 0.497 e. The molecule has 0 bridgehead atoms. The van der Waals surface area contributed by atoms with E-state index >= 15 is 0 Å². The normalized spacial score (nSPS) is 10.7. The van der Waals surface area contributed by atoms with Crippen LogP contribution in [0.25, 0.3) is 0 Å². The van der Waals surface area contributed by atoms with Crippen LogP contribution >= 0.6 is 0 Å². The molecule has 0 saturated heterocycles. The van der Waals surface area contributed by atoms with Crippen LogP contribution in [0, 0.1) is 0 Å². The van der Waals surface area contributed by atoms with Crippen LogP contribution in [0.15, 0.2) is 83.0 Å². The minimum absolute atomic E-state index is 0.171. The van der Waals surface area contributed by atoms with Gasteiger partial charge in [0.15, 0.2) is 13.2 Å². The van der Waals surface area contributed by atoms with Crippen LogP contribution in [-0.2, 0) is 9.59 Å². The van der Waals surface area contributed by atoms with Gasteiger partial charge in [-0.3, -0.25) is 9.59 Å². The molecule has 0 unspecified atom stereocenters. The molecule has 0 atom stereocenters. The molecule has 10 heteroatoms. The number of ether oxygens (including phenoxy) is 4. The molecule has 2 amide bonds. The van der Waals surface area contributed by atoms with Gasteiger partial charge in [-0.25, -0.2) is 10.9 Å². The van der Waals surface area contributed by atoms with Crippen LogP contribution in [0.4, 0.5) is 0 Å². The molecule has 0 heterocycles. The summed E-state index contributed by atoms with van der Waals surface area (Å²) >= 11 is 0. The number of carbonyl (C=O) groups is 2. The highest BCUT2D eigenvalue weighted by Crippen LogP contribution is 2.17. The summed E-state index contributed by atoms with van der Waals surface area (Å²) in [4.78, 5) is 23.7. The smallest absolute Gasteiger partial charge is 0.277 e. The van der Waals surface area contributed by atoms with Crippen molar-refractivity contribution in [1.29, 1.82) is 0 Å². The Kier molecular flexibility index (Phi) is 9.84. The average Bonchev–Trinajstić information content (AvgIpc) is 2.92.